The van der Waals surface area contributed by atoms with Crippen LogP contribution < -0.4 is 16.1 Å². The number of para-hydroxylation sites is 2. The van der Waals surface area contributed by atoms with E-state index in [0.29, 0.717) is 38.0 Å². The molecule has 0 saturated heterocycles. The molecule has 2 heterocycles. The number of halogens is 1. The molecule has 0 atom stereocenters. The van der Waals surface area contributed by atoms with Gasteiger partial charge in [-0.2, -0.15) is 5.26 Å². The third kappa shape index (κ3) is 2.71. The molecule has 4 aromatic rings. The van der Waals surface area contributed by atoms with Crippen molar-refractivity contribution in [2.45, 2.75) is 13.8 Å². The molecule has 0 bridgehead atoms. The predicted molar refractivity (Wildman–Crippen MR) is 108 cm³/mol. The molecule has 2 aromatic carbocycles. The lowest BCUT2D eigenvalue weighted by molar-refractivity contribution is 1.10. The van der Waals surface area contributed by atoms with Crippen molar-refractivity contribution in [2.75, 3.05) is 5.32 Å². The van der Waals surface area contributed by atoms with Crippen LogP contribution in [0.1, 0.15) is 16.7 Å². The van der Waals surface area contributed by atoms with Crippen LogP contribution in [0.25, 0.3) is 22.9 Å². The van der Waals surface area contributed by atoms with Crippen LogP contribution in [0, 0.1) is 25.2 Å². The fraction of sp³-hybridized carbons (Fsp3) is 0.0952. The third-order valence-electron chi connectivity index (χ3n) is 4.66. The number of fused-ring (bicyclic) bond motifs is 3. The van der Waals surface area contributed by atoms with Gasteiger partial charge >= 0.3 is 0 Å². The zero-order chi connectivity index (χ0) is 19.1. The van der Waals surface area contributed by atoms with Crippen molar-refractivity contribution in [1.82, 2.24) is 9.38 Å². The number of benzene rings is 2. The highest BCUT2D eigenvalue weighted by atomic mass is 35.5. The fourth-order valence-electron chi connectivity index (χ4n) is 3.12. The van der Waals surface area contributed by atoms with E-state index in [1.54, 1.807) is 19.2 Å². The molecule has 0 fully saturated rings. The molecule has 2 aromatic heterocycles. The van der Waals surface area contributed by atoms with Crippen LogP contribution in [0.3, 0.4) is 0 Å². The van der Waals surface area contributed by atoms with Gasteiger partial charge in [0.05, 0.1) is 21.8 Å². The van der Waals surface area contributed by atoms with Crippen molar-refractivity contribution in [2.24, 2.45) is 0 Å². The minimum absolute atomic E-state index is 0.221. The van der Waals surface area contributed by atoms with Crippen molar-refractivity contribution in [3.63, 3.8) is 0 Å². The number of rotatable bonds is 2. The number of nitriles is 1. The van der Waals surface area contributed by atoms with Crippen molar-refractivity contribution in [1.29, 1.82) is 5.26 Å². The van der Waals surface area contributed by atoms with Crippen LogP contribution >= 0.6 is 11.6 Å². The maximum Gasteiger partial charge on any atom is 0.265 e. The molecule has 0 spiro atoms. The lowest BCUT2D eigenvalue weighted by Crippen LogP contribution is -2.34. The number of nitrogens with zero attached hydrogens (tertiary/aromatic N) is 3. The van der Waals surface area contributed by atoms with E-state index >= 15 is 0 Å². The molecule has 1 N–H and O–H groups in total. The summed E-state index contributed by atoms with van der Waals surface area (Å²) < 4.78 is 1.50. The highest BCUT2D eigenvalue weighted by Crippen LogP contribution is 2.20. The van der Waals surface area contributed by atoms with E-state index in [4.69, 9.17) is 11.6 Å². The van der Waals surface area contributed by atoms with Gasteiger partial charge in [-0.3, -0.25) is 9.20 Å². The molecule has 132 valence electrons. The summed E-state index contributed by atoms with van der Waals surface area (Å²) in [4.78, 5) is 17.6. The van der Waals surface area contributed by atoms with Gasteiger partial charge in [-0.25, -0.2) is 4.98 Å². The van der Waals surface area contributed by atoms with E-state index in [0.717, 1.165) is 11.3 Å². The van der Waals surface area contributed by atoms with Gasteiger partial charge in [0.2, 0.25) is 0 Å². The summed E-state index contributed by atoms with van der Waals surface area (Å²) in [6.07, 6.45) is 1.62. The first-order chi connectivity index (χ1) is 13.0. The average molecular weight is 375 g/mol. The number of aromatic nitrogens is 2. The van der Waals surface area contributed by atoms with Crippen LogP contribution in [-0.4, -0.2) is 9.38 Å². The Balaban J connectivity index is 2.00. The lowest BCUT2D eigenvalue weighted by Gasteiger charge is -2.05. The molecule has 27 heavy (non-hydrogen) atoms. The molecule has 0 unspecified atom stereocenters. The number of hydrogen-bond acceptors (Lipinski definition) is 4. The predicted octanol–water partition coefficient (Wildman–Crippen LogP) is 3.56. The highest BCUT2D eigenvalue weighted by Gasteiger charge is 2.15. The Hall–Kier alpha value is -3.36. The zero-order valence-electron chi connectivity index (χ0n) is 14.7. The first-order valence-electron chi connectivity index (χ1n) is 8.38. The van der Waals surface area contributed by atoms with E-state index in [2.05, 4.69) is 16.4 Å². The summed E-state index contributed by atoms with van der Waals surface area (Å²) in [5, 5.41) is 13.8. The van der Waals surface area contributed by atoms with Gasteiger partial charge in [0.15, 0.2) is 5.65 Å². The summed E-state index contributed by atoms with van der Waals surface area (Å²) in [6.45, 7) is 3.68. The van der Waals surface area contributed by atoms with Gasteiger partial charge in [-0.15, -0.1) is 0 Å². The van der Waals surface area contributed by atoms with Gasteiger partial charge in [-0.05, 0) is 49.2 Å². The quantitative estimate of drug-likeness (QED) is 0.582. The summed E-state index contributed by atoms with van der Waals surface area (Å²) in [5.74, 6) is 0. The van der Waals surface area contributed by atoms with Gasteiger partial charge in [-0.1, -0.05) is 29.8 Å². The maximum atomic E-state index is 13.2. The van der Waals surface area contributed by atoms with Gasteiger partial charge in [0.25, 0.3) is 5.56 Å². The molecule has 0 aliphatic heterocycles. The van der Waals surface area contributed by atoms with E-state index in [1.807, 2.05) is 43.3 Å². The average Bonchev–Trinajstić information content (AvgIpc) is 3.04. The van der Waals surface area contributed by atoms with Gasteiger partial charge in [0.1, 0.15) is 6.07 Å². The second-order valence-corrected chi connectivity index (χ2v) is 6.75. The fourth-order valence-corrected chi connectivity index (χ4v) is 3.31. The van der Waals surface area contributed by atoms with E-state index in [9.17, 15) is 10.1 Å². The number of anilines is 1. The lowest BCUT2D eigenvalue weighted by atomic mass is 10.1. The largest absolute Gasteiger partial charge is 0.361 e. The molecule has 0 radical (unpaired) electrons. The topological polar surface area (TPSA) is 70.2 Å². The maximum absolute atomic E-state index is 13.2. The van der Waals surface area contributed by atoms with Crippen molar-refractivity contribution in [3.8, 4) is 6.07 Å². The Morgan fingerprint density at radius 3 is 2.74 bits per heavy atom. The Bertz CT molecular complexity index is 1370. The molecule has 0 aliphatic rings. The number of hydrogen-bond donors (Lipinski definition) is 1. The van der Waals surface area contributed by atoms with Gasteiger partial charge in [0, 0.05) is 16.9 Å². The Kier molecular flexibility index (Phi) is 4.06. The second kappa shape index (κ2) is 6.42. The van der Waals surface area contributed by atoms with E-state index < -0.39 is 0 Å². The molecule has 4 rings (SSSR count). The monoisotopic (exact) mass is 374 g/mol. The Labute approximate surface area is 160 Å². The number of aryl methyl sites for hydroxylation is 1. The molecule has 0 aliphatic carbocycles. The molecular weight excluding hydrogens is 360 g/mol. The first kappa shape index (κ1) is 17.1. The normalized spacial score (nSPS) is 11.9. The van der Waals surface area contributed by atoms with Crippen molar-refractivity contribution in [3.05, 3.63) is 79.8 Å². The second-order valence-electron chi connectivity index (χ2n) is 6.34. The molecule has 6 heteroatoms. The Morgan fingerprint density at radius 2 is 2.00 bits per heavy atom. The van der Waals surface area contributed by atoms with Crippen LogP contribution in [0.5, 0.6) is 0 Å². The van der Waals surface area contributed by atoms with Crippen LogP contribution in [0.15, 0.2) is 47.3 Å². The minimum atomic E-state index is -0.221. The van der Waals surface area contributed by atoms with Crippen molar-refractivity contribution >= 4 is 40.2 Å². The molecular formula is C21H15ClN4O. The van der Waals surface area contributed by atoms with Crippen LogP contribution in [-0.2, 0) is 0 Å². The summed E-state index contributed by atoms with van der Waals surface area (Å²) in [7, 11) is 0. The molecule has 0 amide bonds. The smallest absolute Gasteiger partial charge is 0.265 e. The van der Waals surface area contributed by atoms with Crippen LogP contribution in [0.2, 0.25) is 5.02 Å². The third-order valence-corrected chi connectivity index (χ3v) is 5.07. The highest BCUT2D eigenvalue weighted by molar-refractivity contribution is 6.31. The molecule has 5 nitrogen and oxygen atoms in total. The SMILES string of the molecule is Cc1ccc(N/C=c2\c(C)c(C#N)c3nc4ccccc4n3c2=O)cc1Cl. The first-order valence-corrected chi connectivity index (χ1v) is 8.76. The zero-order valence-corrected chi connectivity index (χ0v) is 15.5. The number of nitrogens with one attached hydrogen (secondary N) is 1. The van der Waals surface area contributed by atoms with Crippen LogP contribution in [0.4, 0.5) is 5.69 Å². The summed E-state index contributed by atoms with van der Waals surface area (Å²) in [5.41, 5.74) is 4.25. The van der Waals surface area contributed by atoms with E-state index in [1.165, 1.54) is 4.40 Å². The van der Waals surface area contributed by atoms with Crippen molar-refractivity contribution < 1.29 is 0 Å². The minimum Gasteiger partial charge on any atom is -0.361 e. The van der Waals surface area contributed by atoms with Gasteiger partial charge < -0.3 is 5.32 Å². The van der Waals surface area contributed by atoms with E-state index in [-0.39, 0.29) is 5.56 Å². The standard InChI is InChI=1S/C21H15ClN4O/c1-12-7-8-14(9-17(12)22)24-11-16-13(2)15(10-23)20-25-18-5-3-4-6-19(18)26(20)21(16)27/h3-9,11,24H,1-2H3/b16-11+. The number of pyridine rings is 1. The molecule has 0 saturated carbocycles. The Morgan fingerprint density at radius 1 is 1.22 bits per heavy atom. The summed E-state index contributed by atoms with van der Waals surface area (Å²) in [6, 6.07) is 15.1. The number of imidazole rings is 1. The summed E-state index contributed by atoms with van der Waals surface area (Å²) >= 11 is 6.16.